The lowest BCUT2D eigenvalue weighted by Crippen LogP contribution is -2.54. The summed E-state index contributed by atoms with van der Waals surface area (Å²) in [7, 11) is 0. The highest BCUT2D eigenvalue weighted by molar-refractivity contribution is 7.80. The zero-order valence-electron chi connectivity index (χ0n) is 12.6. The van der Waals surface area contributed by atoms with Crippen LogP contribution in [0.5, 0.6) is 0 Å². The minimum absolute atomic E-state index is 0.0313. The van der Waals surface area contributed by atoms with Crippen molar-refractivity contribution in [1.29, 1.82) is 0 Å². The Morgan fingerprint density at radius 2 is 1.82 bits per heavy atom. The van der Waals surface area contributed by atoms with Gasteiger partial charge in [-0.1, -0.05) is 26.0 Å². The first-order valence-corrected chi connectivity index (χ1v) is 7.10. The van der Waals surface area contributed by atoms with Crippen LogP contribution in [0.3, 0.4) is 0 Å². The molecule has 4 N–H and O–H groups in total. The number of rotatable bonds is 4. The molecule has 120 valence electrons. The maximum atomic E-state index is 13.4. The quantitative estimate of drug-likeness (QED) is 0.495. The smallest absolute Gasteiger partial charge is 0.261 e. The monoisotopic (exact) mass is 326 g/mol. The molecule has 0 aromatic heterocycles. The predicted octanol–water partition coefficient (Wildman–Crippen LogP) is 1.30. The molecule has 0 spiro atoms. The van der Waals surface area contributed by atoms with Crippen LogP contribution in [-0.4, -0.2) is 23.0 Å². The summed E-state index contributed by atoms with van der Waals surface area (Å²) >= 11 is 4.96. The van der Waals surface area contributed by atoms with Crippen molar-refractivity contribution < 1.29 is 14.0 Å². The van der Waals surface area contributed by atoms with Gasteiger partial charge in [0.15, 0.2) is 5.11 Å². The average Bonchev–Trinajstić information content (AvgIpc) is 2.44. The van der Waals surface area contributed by atoms with Crippen LogP contribution in [0.15, 0.2) is 24.3 Å². The van der Waals surface area contributed by atoms with E-state index in [2.05, 4.69) is 21.5 Å². The summed E-state index contributed by atoms with van der Waals surface area (Å²) < 4.78 is 13.4. The second kappa shape index (κ2) is 8.28. The van der Waals surface area contributed by atoms with Crippen LogP contribution >= 0.6 is 12.2 Å². The summed E-state index contributed by atoms with van der Waals surface area (Å²) in [6.07, 6.45) is 0. The maximum Gasteiger partial charge on any atom is 0.261 e. The van der Waals surface area contributed by atoms with Crippen molar-refractivity contribution in [2.24, 2.45) is 5.92 Å². The highest BCUT2D eigenvalue weighted by atomic mass is 32.1. The van der Waals surface area contributed by atoms with Crippen LogP contribution in [0.4, 0.5) is 10.1 Å². The fourth-order valence-corrected chi connectivity index (χ4v) is 1.83. The van der Waals surface area contributed by atoms with Crippen LogP contribution in [0.2, 0.25) is 0 Å². The molecule has 6 nitrogen and oxygen atoms in total. The van der Waals surface area contributed by atoms with E-state index in [-0.39, 0.29) is 22.6 Å². The van der Waals surface area contributed by atoms with Crippen LogP contribution in [0.1, 0.15) is 20.8 Å². The highest BCUT2D eigenvalue weighted by Gasteiger charge is 2.22. The molecule has 0 heterocycles. The SMILES string of the molecule is CC(=O)N[C@H](C(=O)NNC(=S)Nc1ccccc1F)C(C)C. The number of benzene rings is 1. The number of hydrogen-bond acceptors (Lipinski definition) is 3. The summed E-state index contributed by atoms with van der Waals surface area (Å²) in [5.74, 6) is -1.31. The lowest BCUT2D eigenvalue weighted by Gasteiger charge is -2.21. The Morgan fingerprint density at radius 3 is 2.36 bits per heavy atom. The molecule has 0 saturated heterocycles. The van der Waals surface area contributed by atoms with Gasteiger partial charge < -0.3 is 10.6 Å². The number of amides is 2. The first-order valence-electron chi connectivity index (χ1n) is 6.69. The molecule has 0 unspecified atom stereocenters. The molecule has 1 aromatic carbocycles. The number of para-hydroxylation sites is 1. The van der Waals surface area contributed by atoms with Gasteiger partial charge in [0.2, 0.25) is 5.91 Å². The van der Waals surface area contributed by atoms with E-state index in [1.54, 1.807) is 26.0 Å². The van der Waals surface area contributed by atoms with Crippen LogP contribution < -0.4 is 21.5 Å². The van der Waals surface area contributed by atoms with Gasteiger partial charge in [0, 0.05) is 6.92 Å². The molecule has 22 heavy (non-hydrogen) atoms. The third kappa shape index (κ3) is 5.65. The van der Waals surface area contributed by atoms with E-state index in [0.717, 1.165) is 0 Å². The lowest BCUT2D eigenvalue weighted by molar-refractivity contribution is -0.129. The molecule has 1 rings (SSSR count). The van der Waals surface area contributed by atoms with Crippen LogP contribution in [0, 0.1) is 11.7 Å². The Balaban J connectivity index is 2.53. The molecule has 0 bridgehead atoms. The van der Waals surface area contributed by atoms with Crippen molar-refractivity contribution in [1.82, 2.24) is 16.2 Å². The van der Waals surface area contributed by atoms with E-state index < -0.39 is 17.8 Å². The van der Waals surface area contributed by atoms with E-state index in [4.69, 9.17) is 12.2 Å². The molecular weight excluding hydrogens is 307 g/mol. The van der Waals surface area contributed by atoms with Crippen molar-refractivity contribution in [2.45, 2.75) is 26.8 Å². The summed E-state index contributed by atoms with van der Waals surface area (Å²) in [6, 6.07) is 5.31. The zero-order chi connectivity index (χ0) is 16.7. The van der Waals surface area contributed by atoms with Crippen molar-refractivity contribution in [2.75, 3.05) is 5.32 Å². The maximum absolute atomic E-state index is 13.4. The molecule has 0 aliphatic carbocycles. The fraction of sp³-hybridized carbons (Fsp3) is 0.357. The van der Waals surface area contributed by atoms with Gasteiger partial charge in [-0.05, 0) is 30.3 Å². The predicted molar refractivity (Wildman–Crippen MR) is 86.3 cm³/mol. The first-order chi connectivity index (χ1) is 10.3. The van der Waals surface area contributed by atoms with Gasteiger partial charge in [0.1, 0.15) is 11.9 Å². The third-order valence-electron chi connectivity index (χ3n) is 2.73. The average molecular weight is 326 g/mol. The Morgan fingerprint density at radius 1 is 1.18 bits per heavy atom. The molecule has 0 radical (unpaired) electrons. The first kappa shape index (κ1) is 17.8. The summed E-state index contributed by atoms with van der Waals surface area (Å²) in [6.45, 7) is 4.94. The van der Waals surface area contributed by atoms with Crippen molar-refractivity contribution in [3.63, 3.8) is 0 Å². The number of carbonyl (C=O) groups is 2. The van der Waals surface area contributed by atoms with Gasteiger partial charge in [-0.2, -0.15) is 0 Å². The van der Waals surface area contributed by atoms with Crippen molar-refractivity contribution >= 4 is 34.8 Å². The number of nitrogens with one attached hydrogen (secondary N) is 4. The minimum atomic E-state index is -0.693. The Bertz CT molecular complexity index is 566. The molecule has 2 amide bonds. The van der Waals surface area contributed by atoms with E-state index >= 15 is 0 Å². The van der Waals surface area contributed by atoms with Crippen LogP contribution in [0.25, 0.3) is 0 Å². The van der Waals surface area contributed by atoms with Crippen LogP contribution in [-0.2, 0) is 9.59 Å². The lowest BCUT2D eigenvalue weighted by atomic mass is 10.0. The number of anilines is 1. The molecule has 0 aliphatic heterocycles. The van der Waals surface area contributed by atoms with Gasteiger partial charge >= 0.3 is 0 Å². The highest BCUT2D eigenvalue weighted by Crippen LogP contribution is 2.11. The zero-order valence-corrected chi connectivity index (χ0v) is 13.4. The van der Waals surface area contributed by atoms with Crippen molar-refractivity contribution in [3.8, 4) is 0 Å². The number of hydrazine groups is 1. The largest absolute Gasteiger partial charge is 0.344 e. The molecule has 0 aliphatic rings. The van der Waals surface area contributed by atoms with Gasteiger partial charge in [-0.3, -0.25) is 20.4 Å². The summed E-state index contributed by atoms with van der Waals surface area (Å²) in [4.78, 5) is 23.1. The number of thiocarbonyl (C=S) groups is 1. The summed E-state index contributed by atoms with van der Waals surface area (Å²) in [5.41, 5.74) is 5.04. The Hall–Kier alpha value is -2.22. The van der Waals surface area contributed by atoms with E-state index in [9.17, 15) is 14.0 Å². The summed E-state index contributed by atoms with van der Waals surface area (Å²) in [5, 5.41) is 5.20. The van der Waals surface area contributed by atoms with E-state index in [0.29, 0.717) is 0 Å². The fourth-order valence-electron chi connectivity index (χ4n) is 1.67. The third-order valence-corrected chi connectivity index (χ3v) is 2.93. The molecule has 1 atom stereocenters. The Kier molecular flexibility index (Phi) is 6.71. The normalized spacial score (nSPS) is 11.5. The molecule has 1 aromatic rings. The van der Waals surface area contributed by atoms with Gasteiger partial charge in [0.25, 0.3) is 5.91 Å². The Labute approximate surface area is 133 Å². The van der Waals surface area contributed by atoms with E-state index in [1.807, 2.05) is 0 Å². The molecule has 8 heteroatoms. The van der Waals surface area contributed by atoms with E-state index in [1.165, 1.54) is 19.1 Å². The van der Waals surface area contributed by atoms with Gasteiger partial charge in [-0.15, -0.1) is 0 Å². The van der Waals surface area contributed by atoms with Gasteiger partial charge in [-0.25, -0.2) is 4.39 Å². The van der Waals surface area contributed by atoms with Gasteiger partial charge in [0.05, 0.1) is 5.69 Å². The van der Waals surface area contributed by atoms with Crippen molar-refractivity contribution in [3.05, 3.63) is 30.1 Å². The minimum Gasteiger partial charge on any atom is -0.344 e. The number of carbonyl (C=O) groups excluding carboxylic acids is 2. The molecule has 0 saturated carbocycles. The molecular formula is C14H19FN4O2S. The second-order valence-corrected chi connectivity index (χ2v) is 5.38. The number of hydrogen-bond donors (Lipinski definition) is 4. The number of halogens is 1. The standard InChI is InChI=1S/C14H19FN4O2S/c1-8(2)12(16-9(3)20)13(21)18-19-14(22)17-11-7-5-4-6-10(11)15/h4-8,12H,1-3H3,(H,16,20)(H,18,21)(H2,17,19,22)/t12-/m0/s1. The topological polar surface area (TPSA) is 82.3 Å². The second-order valence-electron chi connectivity index (χ2n) is 4.97. The molecule has 0 fully saturated rings.